The molecule has 13 heavy (non-hydrogen) atoms. The number of hydrogen-bond donors (Lipinski definition) is 1. The minimum atomic E-state index is -1.39. The summed E-state index contributed by atoms with van der Waals surface area (Å²) in [5, 5.41) is 8.46. The molecule has 2 nitrogen and oxygen atoms in total. The molecule has 0 bridgehead atoms. The molecule has 0 saturated carbocycles. The largest absolute Gasteiger partial charge is 0.478 e. The summed E-state index contributed by atoms with van der Waals surface area (Å²) in [6.45, 7) is 0. The van der Waals surface area contributed by atoms with Gasteiger partial charge in [-0.3, -0.25) is 0 Å². The predicted octanol–water partition coefficient (Wildman–Crippen LogP) is 3.70. The van der Waals surface area contributed by atoms with Crippen molar-refractivity contribution in [1.29, 1.82) is 0 Å². The van der Waals surface area contributed by atoms with Gasteiger partial charge in [0, 0.05) is 4.47 Å². The van der Waals surface area contributed by atoms with Gasteiger partial charge in [0.05, 0.1) is 9.50 Å². The standard InChI is InChI=1S/C7H2Br2ClFO2/c8-2-1-3(10)4(7(12)13)6(11)5(2)9/h1H,(H,12,13). The maximum atomic E-state index is 13.2. The molecular formula is C7H2Br2ClFO2. The Balaban J connectivity index is 3.53. The van der Waals surface area contributed by atoms with E-state index in [1.165, 1.54) is 6.07 Å². The second kappa shape index (κ2) is 3.94. The van der Waals surface area contributed by atoms with E-state index in [1.54, 1.807) is 0 Å². The molecule has 0 saturated heterocycles. The Morgan fingerprint density at radius 3 is 2.54 bits per heavy atom. The molecule has 0 heterocycles. The molecule has 1 rings (SSSR count). The molecule has 1 aromatic rings. The zero-order chi connectivity index (χ0) is 10.2. The fourth-order valence-corrected chi connectivity index (χ4v) is 1.88. The Labute approximate surface area is 95.0 Å². The topological polar surface area (TPSA) is 37.3 Å². The van der Waals surface area contributed by atoms with Crippen LogP contribution >= 0.6 is 43.5 Å². The molecule has 1 N–H and O–H groups in total. The van der Waals surface area contributed by atoms with Crippen molar-refractivity contribution in [3.05, 3.63) is 31.4 Å². The van der Waals surface area contributed by atoms with Crippen LogP contribution in [-0.2, 0) is 0 Å². The Morgan fingerprint density at radius 2 is 2.08 bits per heavy atom. The van der Waals surface area contributed by atoms with Gasteiger partial charge in [-0.05, 0) is 37.9 Å². The molecule has 0 aliphatic heterocycles. The van der Waals surface area contributed by atoms with Gasteiger partial charge in [-0.25, -0.2) is 9.18 Å². The third-order valence-corrected chi connectivity index (χ3v) is 3.56. The van der Waals surface area contributed by atoms with E-state index in [0.717, 1.165) is 0 Å². The van der Waals surface area contributed by atoms with Gasteiger partial charge in [-0.15, -0.1) is 0 Å². The molecule has 0 aliphatic rings. The first-order valence-corrected chi connectivity index (χ1v) is 4.97. The molecule has 0 atom stereocenters. The Bertz CT molecular complexity index is 381. The van der Waals surface area contributed by atoms with Crippen molar-refractivity contribution < 1.29 is 14.3 Å². The molecule has 6 heteroatoms. The highest BCUT2D eigenvalue weighted by atomic mass is 79.9. The lowest BCUT2D eigenvalue weighted by atomic mass is 10.2. The molecule has 0 aliphatic carbocycles. The van der Waals surface area contributed by atoms with Gasteiger partial charge in [0.25, 0.3) is 0 Å². The maximum absolute atomic E-state index is 13.2. The Morgan fingerprint density at radius 1 is 1.54 bits per heavy atom. The molecule has 0 unspecified atom stereocenters. The SMILES string of the molecule is O=C(O)c1c(Cl)cc(Br)c(Br)c1F. The normalized spacial score (nSPS) is 10.2. The van der Waals surface area contributed by atoms with E-state index in [4.69, 9.17) is 16.7 Å². The van der Waals surface area contributed by atoms with Crippen LogP contribution in [0.4, 0.5) is 4.39 Å². The quantitative estimate of drug-likeness (QED) is 0.629. The van der Waals surface area contributed by atoms with Gasteiger partial charge in [-0.1, -0.05) is 11.6 Å². The van der Waals surface area contributed by atoms with E-state index in [2.05, 4.69) is 31.9 Å². The highest BCUT2D eigenvalue weighted by Gasteiger charge is 2.19. The van der Waals surface area contributed by atoms with Crippen LogP contribution in [0.2, 0.25) is 5.02 Å². The van der Waals surface area contributed by atoms with Crippen LogP contribution in [0.25, 0.3) is 0 Å². The van der Waals surface area contributed by atoms with Gasteiger partial charge in [0.15, 0.2) is 5.82 Å². The molecule has 0 radical (unpaired) electrons. The molecular weight excluding hydrogens is 330 g/mol. The summed E-state index contributed by atoms with van der Waals surface area (Å²) in [5.41, 5.74) is -0.531. The van der Waals surface area contributed by atoms with Crippen LogP contribution in [0.3, 0.4) is 0 Å². The van der Waals surface area contributed by atoms with Crippen LogP contribution in [-0.4, -0.2) is 11.1 Å². The molecule has 1 aromatic carbocycles. The predicted molar refractivity (Wildman–Crippen MR) is 53.8 cm³/mol. The average molecular weight is 332 g/mol. The third kappa shape index (κ3) is 2.03. The Hall–Kier alpha value is -0.130. The molecule has 0 spiro atoms. The minimum absolute atomic E-state index is 0.0503. The molecule has 0 aromatic heterocycles. The minimum Gasteiger partial charge on any atom is -0.478 e. The van der Waals surface area contributed by atoms with Crippen molar-refractivity contribution in [3.8, 4) is 0 Å². The van der Waals surface area contributed by atoms with E-state index in [1.807, 2.05) is 0 Å². The fourth-order valence-electron chi connectivity index (χ4n) is 0.762. The number of carboxylic acids is 1. The lowest BCUT2D eigenvalue weighted by Crippen LogP contribution is -2.02. The first kappa shape index (κ1) is 10.9. The third-order valence-electron chi connectivity index (χ3n) is 1.33. The number of aromatic carboxylic acids is 1. The number of benzene rings is 1. The van der Waals surface area contributed by atoms with E-state index in [9.17, 15) is 9.18 Å². The van der Waals surface area contributed by atoms with Crippen molar-refractivity contribution in [2.75, 3.05) is 0 Å². The van der Waals surface area contributed by atoms with E-state index in [0.29, 0.717) is 4.47 Å². The highest BCUT2D eigenvalue weighted by Crippen LogP contribution is 2.33. The number of hydrogen-bond acceptors (Lipinski definition) is 1. The monoisotopic (exact) mass is 330 g/mol. The van der Waals surface area contributed by atoms with Crippen LogP contribution in [0, 0.1) is 5.82 Å². The maximum Gasteiger partial charge on any atom is 0.340 e. The number of rotatable bonds is 1. The van der Waals surface area contributed by atoms with E-state index in [-0.39, 0.29) is 9.50 Å². The highest BCUT2D eigenvalue weighted by molar-refractivity contribution is 9.13. The van der Waals surface area contributed by atoms with Crippen molar-refractivity contribution in [2.45, 2.75) is 0 Å². The van der Waals surface area contributed by atoms with Crippen LogP contribution < -0.4 is 0 Å². The summed E-state index contributed by atoms with van der Waals surface area (Å²) in [6.07, 6.45) is 0. The summed E-state index contributed by atoms with van der Waals surface area (Å²) in [7, 11) is 0. The summed E-state index contributed by atoms with van der Waals surface area (Å²) >= 11 is 11.4. The van der Waals surface area contributed by atoms with Crippen molar-refractivity contribution >= 4 is 49.4 Å². The zero-order valence-corrected chi connectivity index (χ0v) is 9.87. The first-order valence-electron chi connectivity index (χ1n) is 3.01. The van der Waals surface area contributed by atoms with Gasteiger partial charge in [-0.2, -0.15) is 0 Å². The van der Waals surface area contributed by atoms with Gasteiger partial charge < -0.3 is 5.11 Å². The smallest absolute Gasteiger partial charge is 0.340 e. The van der Waals surface area contributed by atoms with Crippen LogP contribution in [0.5, 0.6) is 0 Å². The summed E-state index contributed by atoms with van der Waals surface area (Å²) in [4.78, 5) is 10.5. The second-order valence-corrected chi connectivity index (χ2v) is 4.20. The lowest BCUT2D eigenvalue weighted by molar-refractivity contribution is 0.0692. The summed E-state index contributed by atoms with van der Waals surface area (Å²) in [5.74, 6) is -2.28. The molecule has 0 amide bonds. The number of carbonyl (C=O) groups is 1. The average Bonchev–Trinajstić information content (AvgIpc) is 1.99. The number of halogens is 4. The Kier molecular flexibility index (Phi) is 3.32. The first-order chi connectivity index (χ1) is 5.95. The van der Waals surface area contributed by atoms with Gasteiger partial charge in [0.1, 0.15) is 5.56 Å². The number of carboxylic acid groups (broad SMARTS) is 1. The van der Waals surface area contributed by atoms with Crippen LogP contribution in [0.1, 0.15) is 10.4 Å². The summed E-state index contributed by atoms with van der Waals surface area (Å²) in [6, 6.07) is 1.32. The summed E-state index contributed by atoms with van der Waals surface area (Å²) < 4.78 is 13.7. The molecule has 0 fully saturated rings. The van der Waals surface area contributed by atoms with Crippen molar-refractivity contribution in [2.24, 2.45) is 0 Å². The van der Waals surface area contributed by atoms with E-state index < -0.39 is 17.3 Å². The second-order valence-electron chi connectivity index (χ2n) is 2.15. The fraction of sp³-hybridized carbons (Fsp3) is 0. The lowest BCUT2D eigenvalue weighted by Gasteiger charge is -2.04. The molecule has 70 valence electrons. The van der Waals surface area contributed by atoms with Crippen molar-refractivity contribution in [1.82, 2.24) is 0 Å². The van der Waals surface area contributed by atoms with Gasteiger partial charge in [0.2, 0.25) is 0 Å². The van der Waals surface area contributed by atoms with Crippen molar-refractivity contribution in [3.63, 3.8) is 0 Å². The van der Waals surface area contributed by atoms with Crippen LogP contribution in [0.15, 0.2) is 15.0 Å². The zero-order valence-electron chi connectivity index (χ0n) is 5.94. The van der Waals surface area contributed by atoms with E-state index >= 15 is 0 Å². The van der Waals surface area contributed by atoms with Gasteiger partial charge >= 0.3 is 5.97 Å².